The van der Waals surface area contributed by atoms with Gasteiger partial charge < -0.3 is 20.9 Å². The number of hydrogen-bond acceptors (Lipinski definition) is 4. The van der Waals surface area contributed by atoms with Crippen LogP contribution in [0.5, 0.6) is 0 Å². The monoisotopic (exact) mass is 245 g/mol. The van der Waals surface area contributed by atoms with E-state index in [9.17, 15) is 4.79 Å². The maximum absolute atomic E-state index is 12.1. The zero-order chi connectivity index (χ0) is 13.6. The lowest BCUT2D eigenvalue weighted by molar-refractivity contribution is -0.133. The van der Waals surface area contributed by atoms with Crippen molar-refractivity contribution >= 4 is 11.7 Å². The van der Waals surface area contributed by atoms with E-state index in [1.807, 2.05) is 13.8 Å². The predicted octanol–water partition coefficient (Wildman–Crippen LogP) is 0.234. The fourth-order valence-electron chi connectivity index (χ4n) is 1.54. The summed E-state index contributed by atoms with van der Waals surface area (Å²) in [6, 6.07) is 0. The fraction of sp³-hybridized carbons (Fsp3) is 0.818. The lowest BCUT2D eigenvalue weighted by atomic mass is 9.93. The Morgan fingerprint density at radius 1 is 1.41 bits per heavy atom. The highest BCUT2D eigenvalue weighted by molar-refractivity contribution is 6.02. The SMILES string of the molecule is CC(O)CCN(C)C(=O)C(C(N)=NO)C(C)C. The molecule has 0 aliphatic heterocycles. The Balaban J connectivity index is 4.62. The molecule has 2 unspecified atom stereocenters. The lowest BCUT2D eigenvalue weighted by Gasteiger charge is -2.25. The highest BCUT2D eigenvalue weighted by Crippen LogP contribution is 2.14. The van der Waals surface area contributed by atoms with Crippen LogP contribution in [0.4, 0.5) is 0 Å². The van der Waals surface area contributed by atoms with Crippen molar-refractivity contribution in [1.29, 1.82) is 0 Å². The average Bonchev–Trinajstić information content (AvgIpc) is 2.24. The first kappa shape index (κ1) is 15.7. The summed E-state index contributed by atoms with van der Waals surface area (Å²) >= 11 is 0. The van der Waals surface area contributed by atoms with Crippen molar-refractivity contribution in [2.24, 2.45) is 22.7 Å². The second-order valence-corrected chi connectivity index (χ2v) is 4.64. The topological polar surface area (TPSA) is 99.2 Å². The number of nitrogens with two attached hydrogens (primary N) is 1. The highest BCUT2D eigenvalue weighted by Gasteiger charge is 2.29. The predicted molar refractivity (Wildman–Crippen MR) is 65.7 cm³/mol. The molecule has 0 radical (unpaired) electrons. The summed E-state index contributed by atoms with van der Waals surface area (Å²) in [4.78, 5) is 13.6. The van der Waals surface area contributed by atoms with E-state index in [-0.39, 0.29) is 17.7 Å². The molecule has 0 aliphatic rings. The zero-order valence-corrected chi connectivity index (χ0v) is 10.9. The van der Waals surface area contributed by atoms with E-state index >= 15 is 0 Å². The molecular formula is C11H23N3O3. The van der Waals surface area contributed by atoms with Crippen molar-refractivity contribution in [1.82, 2.24) is 4.90 Å². The average molecular weight is 245 g/mol. The van der Waals surface area contributed by atoms with E-state index in [1.54, 1.807) is 14.0 Å². The molecule has 0 bridgehead atoms. The molecule has 0 saturated carbocycles. The van der Waals surface area contributed by atoms with Crippen LogP contribution in [0.25, 0.3) is 0 Å². The van der Waals surface area contributed by atoms with Crippen molar-refractivity contribution < 1.29 is 15.1 Å². The second kappa shape index (κ2) is 7.11. The summed E-state index contributed by atoms with van der Waals surface area (Å²) < 4.78 is 0. The molecule has 0 aliphatic carbocycles. The molecule has 0 spiro atoms. The number of amides is 1. The van der Waals surface area contributed by atoms with Crippen LogP contribution in [0.1, 0.15) is 27.2 Å². The Bertz CT molecular complexity index is 277. The zero-order valence-electron chi connectivity index (χ0n) is 10.9. The van der Waals surface area contributed by atoms with Gasteiger partial charge in [-0.2, -0.15) is 0 Å². The van der Waals surface area contributed by atoms with E-state index in [0.29, 0.717) is 13.0 Å². The maximum atomic E-state index is 12.1. The normalized spacial score (nSPS) is 15.8. The molecule has 0 aromatic rings. The largest absolute Gasteiger partial charge is 0.409 e. The minimum absolute atomic E-state index is 0.0487. The molecule has 0 aromatic carbocycles. The van der Waals surface area contributed by atoms with Crippen LogP contribution in [0.3, 0.4) is 0 Å². The Hall–Kier alpha value is -1.30. The fourth-order valence-corrected chi connectivity index (χ4v) is 1.54. The summed E-state index contributed by atoms with van der Waals surface area (Å²) in [5, 5.41) is 20.7. The molecule has 100 valence electrons. The van der Waals surface area contributed by atoms with Gasteiger partial charge in [0.2, 0.25) is 5.91 Å². The van der Waals surface area contributed by atoms with Crippen LogP contribution in [-0.4, -0.2) is 46.7 Å². The summed E-state index contributed by atoms with van der Waals surface area (Å²) in [5.74, 6) is -0.948. The van der Waals surface area contributed by atoms with Gasteiger partial charge in [0, 0.05) is 13.6 Å². The van der Waals surface area contributed by atoms with Crippen LogP contribution >= 0.6 is 0 Å². The third kappa shape index (κ3) is 5.04. The number of oxime groups is 1. The van der Waals surface area contributed by atoms with E-state index < -0.39 is 12.0 Å². The van der Waals surface area contributed by atoms with Gasteiger partial charge in [0.25, 0.3) is 0 Å². The molecule has 0 rings (SSSR count). The molecule has 1 amide bonds. The third-order valence-electron chi connectivity index (χ3n) is 2.63. The van der Waals surface area contributed by atoms with Crippen molar-refractivity contribution in [3.8, 4) is 0 Å². The van der Waals surface area contributed by atoms with Gasteiger partial charge in [-0.25, -0.2) is 0 Å². The summed E-state index contributed by atoms with van der Waals surface area (Å²) in [6.07, 6.45) is 0.0510. The quantitative estimate of drug-likeness (QED) is 0.270. The number of aliphatic hydroxyl groups excluding tert-OH is 1. The van der Waals surface area contributed by atoms with Crippen LogP contribution < -0.4 is 5.73 Å². The second-order valence-electron chi connectivity index (χ2n) is 4.64. The molecule has 6 heteroatoms. The molecule has 0 saturated heterocycles. The standard InChI is InChI=1S/C11H23N3O3/c1-7(2)9(10(12)13-17)11(16)14(4)6-5-8(3)15/h7-9,15,17H,5-6H2,1-4H3,(H2,12,13). The summed E-state index contributed by atoms with van der Waals surface area (Å²) in [7, 11) is 1.64. The number of carbonyl (C=O) groups is 1. The van der Waals surface area contributed by atoms with Gasteiger partial charge in [0.15, 0.2) is 5.84 Å². The van der Waals surface area contributed by atoms with Crippen LogP contribution in [0, 0.1) is 11.8 Å². The molecule has 17 heavy (non-hydrogen) atoms. The Kier molecular flexibility index (Phi) is 6.57. The van der Waals surface area contributed by atoms with E-state index in [1.165, 1.54) is 4.90 Å². The van der Waals surface area contributed by atoms with Gasteiger partial charge in [0.1, 0.15) is 5.92 Å². The van der Waals surface area contributed by atoms with Crippen molar-refractivity contribution in [3.63, 3.8) is 0 Å². The summed E-state index contributed by atoms with van der Waals surface area (Å²) in [6.45, 7) is 5.78. The van der Waals surface area contributed by atoms with E-state index in [4.69, 9.17) is 16.0 Å². The smallest absolute Gasteiger partial charge is 0.233 e. The van der Waals surface area contributed by atoms with Gasteiger partial charge in [-0.1, -0.05) is 19.0 Å². The van der Waals surface area contributed by atoms with Gasteiger partial charge in [0.05, 0.1) is 6.10 Å². The number of nitrogens with zero attached hydrogens (tertiary/aromatic N) is 2. The van der Waals surface area contributed by atoms with Gasteiger partial charge in [-0.05, 0) is 19.3 Å². The Morgan fingerprint density at radius 3 is 2.29 bits per heavy atom. The number of hydrogen-bond donors (Lipinski definition) is 3. The molecule has 6 nitrogen and oxygen atoms in total. The highest BCUT2D eigenvalue weighted by atomic mass is 16.4. The number of rotatable bonds is 6. The molecule has 0 heterocycles. The van der Waals surface area contributed by atoms with Crippen LogP contribution in [0.15, 0.2) is 5.16 Å². The van der Waals surface area contributed by atoms with Crippen molar-refractivity contribution in [2.45, 2.75) is 33.3 Å². The van der Waals surface area contributed by atoms with E-state index in [2.05, 4.69) is 5.16 Å². The first-order valence-corrected chi connectivity index (χ1v) is 5.71. The van der Waals surface area contributed by atoms with E-state index in [0.717, 1.165) is 0 Å². The lowest BCUT2D eigenvalue weighted by Crippen LogP contribution is -2.43. The van der Waals surface area contributed by atoms with Crippen LogP contribution in [-0.2, 0) is 4.79 Å². The van der Waals surface area contributed by atoms with Crippen LogP contribution in [0.2, 0.25) is 0 Å². The van der Waals surface area contributed by atoms with Gasteiger partial charge in [-0.15, -0.1) is 0 Å². The minimum Gasteiger partial charge on any atom is -0.409 e. The number of carbonyl (C=O) groups excluding carboxylic acids is 1. The summed E-state index contributed by atoms with van der Waals surface area (Å²) in [5.41, 5.74) is 5.52. The minimum atomic E-state index is -0.626. The third-order valence-corrected chi connectivity index (χ3v) is 2.63. The Morgan fingerprint density at radius 2 is 1.94 bits per heavy atom. The molecule has 0 aromatic heterocycles. The molecule has 2 atom stereocenters. The number of amidine groups is 1. The maximum Gasteiger partial charge on any atom is 0.233 e. The van der Waals surface area contributed by atoms with Crippen molar-refractivity contribution in [3.05, 3.63) is 0 Å². The van der Waals surface area contributed by atoms with Gasteiger partial charge in [-0.3, -0.25) is 4.79 Å². The molecule has 4 N–H and O–H groups in total. The molecule has 0 fully saturated rings. The Labute approximate surface area is 102 Å². The van der Waals surface area contributed by atoms with Gasteiger partial charge >= 0.3 is 0 Å². The first-order valence-electron chi connectivity index (χ1n) is 5.71. The number of aliphatic hydroxyl groups is 1. The first-order chi connectivity index (χ1) is 7.81. The molecular weight excluding hydrogens is 222 g/mol. The van der Waals surface area contributed by atoms with Crippen molar-refractivity contribution in [2.75, 3.05) is 13.6 Å².